The van der Waals surface area contributed by atoms with Crippen LogP contribution in [-0.4, -0.2) is 24.5 Å². The van der Waals surface area contributed by atoms with Gasteiger partial charge in [-0.1, -0.05) is 26.8 Å². The van der Waals surface area contributed by atoms with Crippen LogP contribution in [0.5, 0.6) is 5.75 Å². The van der Waals surface area contributed by atoms with Crippen LogP contribution in [0.2, 0.25) is 0 Å². The number of fused-ring (bicyclic) bond motifs is 1. The molecule has 6 nitrogen and oxygen atoms in total. The second kappa shape index (κ2) is 6.36. The molecule has 120 valence electrons. The minimum atomic E-state index is -0.587. The fraction of sp³-hybridized carbons (Fsp3) is 0.500. The first kappa shape index (κ1) is 16.3. The lowest BCUT2D eigenvalue weighted by Crippen LogP contribution is -2.48. The first-order valence-corrected chi connectivity index (χ1v) is 7.51. The zero-order valence-corrected chi connectivity index (χ0v) is 13.2. The molecule has 0 aliphatic carbocycles. The van der Waals surface area contributed by atoms with Gasteiger partial charge in [-0.15, -0.1) is 0 Å². The fourth-order valence-corrected chi connectivity index (χ4v) is 2.51. The van der Waals surface area contributed by atoms with Gasteiger partial charge >= 0.3 is 0 Å². The van der Waals surface area contributed by atoms with Crippen LogP contribution in [0, 0.1) is 5.92 Å². The van der Waals surface area contributed by atoms with Gasteiger partial charge in [-0.3, -0.25) is 14.5 Å². The van der Waals surface area contributed by atoms with Crippen LogP contribution < -0.4 is 21.1 Å². The van der Waals surface area contributed by atoms with Crippen molar-refractivity contribution in [1.82, 2.24) is 0 Å². The Morgan fingerprint density at radius 3 is 2.64 bits per heavy atom. The van der Waals surface area contributed by atoms with Crippen LogP contribution in [0.1, 0.15) is 38.8 Å². The molecule has 2 rings (SSSR count). The molecule has 22 heavy (non-hydrogen) atoms. The van der Waals surface area contributed by atoms with Crippen molar-refractivity contribution >= 4 is 17.5 Å². The summed E-state index contributed by atoms with van der Waals surface area (Å²) in [4.78, 5) is 25.1. The first-order chi connectivity index (χ1) is 10.3. The van der Waals surface area contributed by atoms with Crippen molar-refractivity contribution < 1.29 is 14.3 Å². The Hall–Kier alpha value is -2.08. The van der Waals surface area contributed by atoms with Gasteiger partial charge in [0.15, 0.2) is 6.10 Å². The Morgan fingerprint density at radius 2 is 2.09 bits per heavy atom. The van der Waals surface area contributed by atoms with Crippen LogP contribution in [0.15, 0.2) is 18.2 Å². The summed E-state index contributed by atoms with van der Waals surface area (Å²) >= 11 is 0. The maximum absolute atomic E-state index is 12.4. The number of anilines is 1. The van der Waals surface area contributed by atoms with E-state index in [0.717, 1.165) is 5.56 Å². The number of primary amides is 1. The van der Waals surface area contributed by atoms with E-state index in [-0.39, 0.29) is 24.4 Å². The molecule has 1 heterocycles. The average Bonchev–Trinajstić information content (AvgIpc) is 2.48. The molecule has 0 aromatic heterocycles. The molecular weight excluding hydrogens is 282 g/mol. The summed E-state index contributed by atoms with van der Waals surface area (Å²) in [7, 11) is 0. The summed E-state index contributed by atoms with van der Waals surface area (Å²) in [6.45, 7) is 5.76. The van der Waals surface area contributed by atoms with Crippen LogP contribution in [0.25, 0.3) is 0 Å². The lowest BCUT2D eigenvalue weighted by molar-refractivity contribution is -0.128. The zero-order chi connectivity index (χ0) is 16.4. The predicted octanol–water partition coefficient (Wildman–Crippen LogP) is 1.33. The van der Waals surface area contributed by atoms with Crippen molar-refractivity contribution in [3.63, 3.8) is 0 Å². The molecule has 0 fully saturated rings. The zero-order valence-electron chi connectivity index (χ0n) is 13.2. The van der Waals surface area contributed by atoms with Crippen molar-refractivity contribution in [3.8, 4) is 5.75 Å². The minimum absolute atomic E-state index is 0.153. The second-order valence-electron chi connectivity index (χ2n) is 5.90. The van der Waals surface area contributed by atoms with Gasteiger partial charge in [-0.05, 0) is 30.0 Å². The van der Waals surface area contributed by atoms with E-state index in [9.17, 15) is 9.59 Å². The van der Waals surface area contributed by atoms with E-state index >= 15 is 0 Å². The van der Waals surface area contributed by atoms with Crippen molar-refractivity contribution in [3.05, 3.63) is 23.8 Å². The van der Waals surface area contributed by atoms with Crippen LogP contribution in [0.4, 0.5) is 5.69 Å². The maximum atomic E-state index is 12.4. The molecule has 1 aliphatic rings. The molecule has 1 aliphatic heterocycles. The SMILES string of the molecule is CCC1Oc2ccc(C(N)C(C)C)cc2N(CC(N)=O)C1=O. The van der Waals surface area contributed by atoms with Gasteiger partial charge < -0.3 is 16.2 Å². The lowest BCUT2D eigenvalue weighted by atomic mass is 9.96. The number of nitrogens with zero attached hydrogens (tertiary/aromatic N) is 1. The Balaban J connectivity index is 2.46. The topological polar surface area (TPSA) is 98.7 Å². The normalized spacial score (nSPS) is 18.9. The number of hydrogen-bond acceptors (Lipinski definition) is 4. The van der Waals surface area contributed by atoms with Crippen LogP contribution >= 0.6 is 0 Å². The number of carbonyl (C=O) groups excluding carboxylic acids is 2. The number of benzene rings is 1. The van der Waals surface area contributed by atoms with Crippen molar-refractivity contribution in [1.29, 1.82) is 0 Å². The highest BCUT2D eigenvalue weighted by Crippen LogP contribution is 2.37. The number of nitrogens with two attached hydrogens (primary N) is 2. The van der Waals surface area contributed by atoms with E-state index < -0.39 is 12.0 Å². The number of amides is 2. The second-order valence-corrected chi connectivity index (χ2v) is 5.90. The third kappa shape index (κ3) is 3.06. The van der Waals surface area contributed by atoms with Gasteiger partial charge in [-0.25, -0.2) is 0 Å². The lowest BCUT2D eigenvalue weighted by Gasteiger charge is -2.34. The molecular formula is C16H23N3O3. The Kier molecular flexibility index (Phi) is 4.71. The van der Waals surface area contributed by atoms with Crippen LogP contribution in [-0.2, 0) is 9.59 Å². The molecule has 6 heteroatoms. The standard InChI is InChI=1S/C16H23N3O3/c1-4-12-16(21)19(8-14(17)20)11-7-10(15(18)9(2)3)5-6-13(11)22-12/h5-7,9,12,15H,4,8,18H2,1-3H3,(H2,17,20). The average molecular weight is 305 g/mol. The molecule has 0 saturated heterocycles. The van der Waals surface area contributed by atoms with E-state index in [1.54, 1.807) is 6.07 Å². The molecule has 0 radical (unpaired) electrons. The number of ether oxygens (including phenoxy) is 1. The number of hydrogen-bond donors (Lipinski definition) is 2. The van der Waals surface area contributed by atoms with Gasteiger partial charge in [0, 0.05) is 6.04 Å². The Morgan fingerprint density at radius 1 is 1.41 bits per heavy atom. The van der Waals surface area contributed by atoms with E-state index in [4.69, 9.17) is 16.2 Å². The largest absolute Gasteiger partial charge is 0.478 e. The summed E-state index contributed by atoms with van der Waals surface area (Å²) in [5, 5.41) is 0. The third-order valence-electron chi connectivity index (χ3n) is 3.87. The Labute approximate surface area is 130 Å². The van der Waals surface area contributed by atoms with Crippen molar-refractivity contribution in [2.45, 2.75) is 39.3 Å². The highest BCUT2D eigenvalue weighted by atomic mass is 16.5. The maximum Gasteiger partial charge on any atom is 0.268 e. The summed E-state index contributed by atoms with van der Waals surface area (Å²) in [5.74, 6) is 0.0253. The van der Waals surface area contributed by atoms with Gasteiger partial charge in [0.2, 0.25) is 5.91 Å². The Bertz CT molecular complexity index is 586. The van der Waals surface area contributed by atoms with Crippen molar-refractivity contribution in [2.75, 3.05) is 11.4 Å². The molecule has 0 saturated carbocycles. The fourth-order valence-electron chi connectivity index (χ4n) is 2.51. The molecule has 0 spiro atoms. The van der Waals surface area contributed by atoms with Gasteiger partial charge in [0.05, 0.1) is 5.69 Å². The summed E-state index contributed by atoms with van der Waals surface area (Å²) in [6.07, 6.45) is -0.0580. The molecule has 0 bridgehead atoms. The summed E-state index contributed by atoms with van der Waals surface area (Å²) < 4.78 is 5.72. The van der Waals surface area contributed by atoms with Gasteiger partial charge in [0.25, 0.3) is 5.91 Å². The smallest absolute Gasteiger partial charge is 0.268 e. The highest BCUT2D eigenvalue weighted by molar-refractivity contribution is 6.03. The molecule has 1 aromatic carbocycles. The molecule has 2 atom stereocenters. The van der Waals surface area contributed by atoms with E-state index in [1.807, 2.05) is 32.9 Å². The van der Waals surface area contributed by atoms with Gasteiger partial charge in [-0.2, -0.15) is 0 Å². The highest BCUT2D eigenvalue weighted by Gasteiger charge is 2.34. The van der Waals surface area contributed by atoms with Gasteiger partial charge in [0.1, 0.15) is 12.3 Å². The predicted molar refractivity (Wildman–Crippen MR) is 84.5 cm³/mol. The summed E-state index contributed by atoms with van der Waals surface area (Å²) in [6, 6.07) is 5.36. The number of carbonyl (C=O) groups is 2. The molecule has 4 N–H and O–H groups in total. The molecule has 2 amide bonds. The minimum Gasteiger partial charge on any atom is -0.478 e. The van der Waals surface area contributed by atoms with E-state index in [1.165, 1.54) is 4.90 Å². The third-order valence-corrected chi connectivity index (χ3v) is 3.87. The molecule has 2 unspecified atom stereocenters. The first-order valence-electron chi connectivity index (χ1n) is 7.51. The number of rotatable bonds is 5. The van der Waals surface area contributed by atoms with Crippen molar-refractivity contribution in [2.24, 2.45) is 17.4 Å². The summed E-state index contributed by atoms with van der Waals surface area (Å²) in [5.41, 5.74) is 12.9. The van der Waals surface area contributed by atoms with E-state index in [0.29, 0.717) is 17.9 Å². The van der Waals surface area contributed by atoms with E-state index in [2.05, 4.69) is 0 Å². The quantitative estimate of drug-likeness (QED) is 0.857. The molecule has 1 aromatic rings. The van der Waals surface area contributed by atoms with Crippen LogP contribution in [0.3, 0.4) is 0 Å². The monoisotopic (exact) mass is 305 g/mol.